The number of nitrogens with zero attached hydrogens (tertiary/aromatic N) is 1. The van der Waals surface area contributed by atoms with Gasteiger partial charge in [0.2, 0.25) is 5.91 Å². The molecule has 0 unspecified atom stereocenters. The van der Waals surface area contributed by atoms with Crippen molar-refractivity contribution in [3.8, 4) is 0 Å². The molecule has 1 aromatic carbocycles. The SMILES string of the molecule is CN=C(NCCNC(=O)c1ccc(Cl)cc1)NCC(=O)NC(C)(C)C.I. The molecule has 0 aliphatic carbocycles. The monoisotopic (exact) mass is 495 g/mol. The molecule has 0 radical (unpaired) electrons. The van der Waals surface area contributed by atoms with Gasteiger partial charge in [-0.2, -0.15) is 0 Å². The van der Waals surface area contributed by atoms with Gasteiger partial charge in [-0.15, -0.1) is 24.0 Å². The third-order valence-corrected chi connectivity index (χ3v) is 3.22. The van der Waals surface area contributed by atoms with Crippen molar-refractivity contribution in [2.75, 3.05) is 26.7 Å². The van der Waals surface area contributed by atoms with E-state index in [9.17, 15) is 9.59 Å². The van der Waals surface area contributed by atoms with Gasteiger partial charge in [0.25, 0.3) is 5.91 Å². The summed E-state index contributed by atoms with van der Waals surface area (Å²) in [4.78, 5) is 27.7. The minimum atomic E-state index is -0.276. The van der Waals surface area contributed by atoms with Crippen molar-refractivity contribution in [2.45, 2.75) is 26.3 Å². The molecule has 0 saturated heterocycles. The molecule has 9 heteroatoms. The smallest absolute Gasteiger partial charge is 0.251 e. The lowest BCUT2D eigenvalue weighted by molar-refractivity contribution is -0.121. The largest absolute Gasteiger partial charge is 0.355 e. The minimum Gasteiger partial charge on any atom is -0.355 e. The Hall–Kier alpha value is -1.55. The van der Waals surface area contributed by atoms with E-state index in [-0.39, 0.29) is 47.9 Å². The standard InChI is InChI=1S/C17H26ClN5O2.HI/c1-17(2,3)23-14(24)11-22-16(19-4)21-10-9-20-15(25)12-5-7-13(18)8-6-12;/h5-8H,9-11H2,1-4H3,(H,20,25)(H,23,24)(H2,19,21,22);1H. The van der Waals surface area contributed by atoms with Crippen LogP contribution in [0.1, 0.15) is 31.1 Å². The molecule has 0 atom stereocenters. The highest BCUT2D eigenvalue weighted by Gasteiger charge is 2.13. The van der Waals surface area contributed by atoms with E-state index in [2.05, 4.69) is 26.3 Å². The van der Waals surface area contributed by atoms with Gasteiger partial charge in [0.05, 0.1) is 6.54 Å². The predicted molar refractivity (Wildman–Crippen MR) is 116 cm³/mol. The van der Waals surface area contributed by atoms with E-state index in [1.165, 1.54) is 0 Å². The molecular weight excluding hydrogens is 469 g/mol. The Kier molecular flexibility index (Phi) is 11.2. The zero-order chi connectivity index (χ0) is 18.9. The van der Waals surface area contributed by atoms with Crippen molar-refractivity contribution in [1.82, 2.24) is 21.3 Å². The number of carbonyl (C=O) groups excluding carboxylic acids is 2. The van der Waals surface area contributed by atoms with Crippen LogP contribution in [0.25, 0.3) is 0 Å². The summed E-state index contributed by atoms with van der Waals surface area (Å²) < 4.78 is 0. The number of amides is 2. The van der Waals surface area contributed by atoms with Crippen LogP contribution in [-0.2, 0) is 4.79 Å². The second kappa shape index (κ2) is 11.9. The van der Waals surface area contributed by atoms with E-state index in [4.69, 9.17) is 11.6 Å². The summed E-state index contributed by atoms with van der Waals surface area (Å²) in [5, 5.41) is 12.2. The second-order valence-electron chi connectivity index (χ2n) is 6.41. The van der Waals surface area contributed by atoms with E-state index in [0.29, 0.717) is 29.6 Å². The topological polar surface area (TPSA) is 94.6 Å². The number of halogens is 2. The highest BCUT2D eigenvalue weighted by atomic mass is 127. The number of benzene rings is 1. The second-order valence-corrected chi connectivity index (χ2v) is 6.85. The van der Waals surface area contributed by atoms with Gasteiger partial charge in [0.15, 0.2) is 5.96 Å². The summed E-state index contributed by atoms with van der Waals surface area (Å²) in [7, 11) is 1.61. The first-order chi connectivity index (χ1) is 11.7. The molecule has 0 fully saturated rings. The first-order valence-electron chi connectivity index (χ1n) is 8.00. The Bertz CT molecular complexity index is 615. The first-order valence-corrected chi connectivity index (χ1v) is 8.38. The van der Waals surface area contributed by atoms with Gasteiger partial charge in [-0.3, -0.25) is 14.6 Å². The molecule has 0 saturated carbocycles. The van der Waals surface area contributed by atoms with Gasteiger partial charge in [-0.1, -0.05) is 11.6 Å². The van der Waals surface area contributed by atoms with Crippen LogP contribution in [0.15, 0.2) is 29.3 Å². The van der Waals surface area contributed by atoms with E-state index in [0.717, 1.165) is 0 Å². The van der Waals surface area contributed by atoms with E-state index < -0.39 is 0 Å². The fourth-order valence-electron chi connectivity index (χ4n) is 1.91. The molecule has 26 heavy (non-hydrogen) atoms. The molecule has 1 rings (SSSR count). The Morgan fingerprint density at radius 3 is 2.15 bits per heavy atom. The van der Waals surface area contributed by atoms with Gasteiger partial charge in [-0.25, -0.2) is 0 Å². The van der Waals surface area contributed by atoms with Crippen LogP contribution in [0.3, 0.4) is 0 Å². The van der Waals surface area contributed by atoms with Crippen LogP contribution < -0.4 is 21.3 Å². The van der Waals surface area contributed by atoms with Gasteiger partial charge < -0.3 is 21.3 Å². The quantitative estimate of drug-likeness (QED) is 0.209. The minimum absolute atomic E-state index is 0. The molecule has 7 nitrogen and oxygen atoms in total. The molecule has 0 aromatic heterocycles. The van der Waals surface area contributed by atoms with E-state index in [1.54, 1.807) is 31.3 Å². The average Bonchev–Trinajstić information content (AvgIpc) is 2.53. The number of guanidine groups is 1. The van der Waals surface area contributed by atoms with Crippen molar-refractivity contribution in [3.05, 3.63) is 34.9 Å². The van der Waals surface area contributed by atoms with Gasteiger partial charge >= 0.3 is 0 Å². The van der Waals surface area contributed by atoms with Gasteiger partial charge in [-0.05, 0) is 45.0 Å². The lowest BCUT2D eigenvalue weighted by Crippen LogP contribution is -2.48. The molecular formula is C17H27ClIN5O2. The molecule has 0 spiro atoms. The van der Waals surface area contributed by atoms with Crippen molar-refractivity contribution in [3.63, 3.8) is 0 Å². The number of rotatable bonds is 6. The third-order valence-electron chi connectivity index (χ3n) is 2.96. The molecule has 4 N–H and O–H groups in total. The average molecular weight is 496 g/mol. The number of nitrogens with one attached hydrogen (secondary N) is 4. The summed E-state index contributed by atoms with van der Waals surface area (Å²) in [6.07, 6.45) is 0. The summed E-state index contributed by atoms with van der Waals surface area (Å²) in [6.45, 7) is 6.76. The molecule has 0 aliphatic heterocycles. The van der Waals surface area contributed by atoms with Gasteiger partial charge in [0, 0.05) is 36.3 Å². The maximum atomic E-state index is 11.9. The zero-order valence-electron chi connectivity index (χ0n) is 15.5. The van der Waals surface area contributed by atoms with Crippen LogP contribution in [0.2, 0.25) is 5.02 Å². The van der Waals surface area contributed by atoms with Crippen LogP contribution in [-0.4, -0.2) is 50.0 Å². The molecule has 0 aliphatic rings. The highest BCUT2D eigenvalue weighted by Crippen LogP contribution is 2.09. The van der Waals surface area contributed by atoms with Crippen LogP contribution >= 0.6 is 35.6 Å². The fourth-order valence-corrected chi connectivity index (χ4v) is 2.03. The molecule has 146 valence electrons. The molecule has 2 amide bonds. The zero-order valence-corrected chi connectivity index (χ0v) is 18.6. The maximum absolute atomic E-state index is 11.9. The van der Waals surface area contributed by atoms with Crippen LogP contribution in [0.4, 0.5) is 0 Å². The maximum Gasteiger partial charge on any atom is 0.251 e. The van der Waals surface area contributed by atoms with Gasteiger partial charge in [0.1, 0.15) is 0 Å². The highest BCUT2D eigenvalue weighted by molar-refractivity contribution is 14.0. The lowest BCUT2D eigenvalue weighted by Gasteiger charge is -2.21. The summed E-state index contributed by atoms with van der Waals surface area (Å²) in [5.74, 6) is 0.197. The number of carbonyl (C=O) groups is 2. The normalized spacial score (nSPS) is 11.2. The van der Waals surface area contributed by atoms with Crippen LogP contribution in [0, 0.1) is 0 Å². The van der Waals surface area contributed by atoms with Crippen molar-refractivity contribution < 1.29 is 9.59 Å². The number of hydrogen-bond acceptors (Lipinski definition) is 3. The third kappa shape index (κ3) is 10.4. The van der Waals surface area contributed by atoms with E-state index >= 15 is 0 Å². The molecule has 0 bridgehead atoms. The Morgan fingerprint density at radius 1 is 1.04 bits per heavy atom. The lowest BCUT2D eigenvalue weighted by atomic mass is 10.1. The Balaban J connectivity index is 0.00000625. The molecule has 0 heterocycles. The summed E-state index contributed by atoms with van der Waals surface area (Å²) in [6, 6.07) is 6.67. The molecule has 1 aromatic rings. The summed E-state index contributed by atoms with van der Waals surface area (Å²) in [5.41, 5.74) is 0.271. The number of aliphatic imine (C=N–C) groups is 1. The summed E-state index contributed by atoms with van der Waals surface area (Å²) >= 11 is 5.79. The fraction of sp³-hybridized carbons (Fsp3) is 0.471. The van der Waals surface area contributed by atoms with Crippen molar-refractivity contribution >= 4 is 53.4 Å². The first kappa shape index (κ1) is 24.5. The predicted octanol–water partition coefficient (Wildman–Crippen LogP) is 1.77. The van der Waals surface area contributed by atoms with Crippen LogP contribution in [0.5, 0.6) is 0 Å². The Labute approximate surface area is 176 Å². The van der Waals surface area contributed by atoms with Crippen molar-refractivity contribution in [2.24, 2.45) is 4.99 Å². The van der Waals surface area contributed by atoms with E-state index in [1.807, 2.05) is 20.8 Å². The Morgan fingerprint density at radius 2 is 1.62 bits per heavy atom. The number of hydrogen-bond donors (Lipinski definition) is 4. The van der Waals surface area contributed by atoms with Crippen molar-refractivity contribution in [1.29, 1.82) is 0 Å².